The van der Waals surface area contributed by atoms with Crippen LogP contribution in [0.25, 0.3) is 32.9 Å². The molecular weight excluding hydrogens is 355 g/mol. The van der Waals surface area contributed by atoms with Gasteiger partial charge in [0.05, 0.1) is 5.69 Å². The topological polar surface area (TPSA) is 50.9 Å². The number of rotatable bonds is 3. The van der Waals surface area contributed by atoms with Crippen molar-refractivity contribution >= 4 is 27.9 Å². The van der Waals surface area contributed by atoms with Crippen molar-refractivity contribution in [3.8, 4) is 17.0 Å². The minimum absolute atomic E-state index is 0.262. The highest BCUT2D eigenvalue weighted by atomic mass is 19.4. The van der Waals surface area contributed by atoms with Gasteiger partial charge in [-0.05, 0) is 47.3 Å². The number of hydrogen-bond acceptors (Lipinski definition) is 3. The van der Waals surface area contributed by atoms with Gasteiger partial charge in [-0.2, -0.15) is 5.10 Å². The van der Waals surface area contributed by atoms with Crippen molar-refractivity contribution in [2.75, 3.05) is 0 Å². The Balaban J connectivity index is 1.83. The molecule has 0 spiro atoms. The van der Waals surface area contributed by atoms with Gasteiger partial charge in [0.25, 0.3) is 0 Å². The summed E-state index contributed by atoms with van der Waals surface area (Å²) in [5.74, 6) is -0.262. The third-order valence-corrected chi connectivity index (χ3v) is 4.37. The Hall–Kier alpha value is -3.35. The fraction of sp³-hybridized carbons (Fsp3) is 0.100. The molecule has 136 valence electrons. The van der Waals surface area contributed by atoms with Crippen LogP contribution in [-0.2, 0) is 7.05 Å². The summed E-state index contributed by atoms with van der Waals surface area (Å²) in [4.78, 5) is 0. The van der Waals surface area contributed by atoms with Crippen LogP contribution >= 0.6 is 0 Å². The number of nitrogens with zero attached hydrogens (tertiary/aromatic N) is 2. The molecule has 0 saturated heterocycles. The molecule has 0 atom stereocenters. The fourth-order valence-electron chi connectivity index (χ4n) is 3.25. The van der Waals surface area contributed by atoms with E-state index in [1.807, 2.05) is 30.3 Å². The highest BCUT2D eigenvalue weighted by molar-refractivity contribution is 6.10. The van der Waals surface area contributed by atoms with Gasteiger partial charge in [0.2, 0.25) is 0 Å². The maximum Gasteiger partial charge on any atom is 0.573 e. The Labute approximate surface area is 152 Å². The Bertz CT molecular complexity index is 1160. The molecule has 7 heteroatoms. The van der Waals surface area contributed by atoms with E-state index in [-0.39, 0.29) is 5.75 Å². The Morgan fingerprint density at radius 2 is 1.70 bits per heavy atom. The summed E-state index contributed by atoms with van der Waals surface area (Å²) < 4.78 is 42.7. The standard InChI is InChI=1S/C20H14F3N3O/c1-26-19(13-3-6-15(7-4-13)27-20(21,22)23)17-9-5-14-10-12(11-24)2-8-16(14)18(17)25-26/h2-11,24H,1H3. The van der Waals surface area contributed by atoms with Crippen LogP contribution in [0.1, 0.15) is 5.56 Å². The zero-order chi connectivity index (χ0) is 19.2. The predicted molar refractivity (Wildman–Crippen MR) is 98.2 cm³/mol. The molecule has 0 aliphatic heterocycles. The second-order valence-corrected chi connectivity index (χ2v) is 6.13. The highest BCUT2D eigenvalue weighted by Crippen LogP contribution is 2.34. The van der Waals surface area contributed by atoms with Gasteiger partial charge in [-0.25, -0.2) is 0 Å². The van der Waals surface area contributed by atoms with E-state index in [1.165, 1.54) is 18.3 Å². The lowest BCUT2D eigenvalue weighted by atomic mass is 10.0. The number of ether oxygens (including phenoxy) is 1. The van der Waals surface area contributed by atoms with Crippen molar-refractivity contribution in [3.05, 3.63) is 60.2 Å². The number of halogens is 3. The number of fused-ring (bicyclic) bond motifs is 3. The van der Waals surface area contributed by atoms with Crippen LogP contribution < -0.4 is 4.74 Å². The lowest BCUT2D eigenvalue weighted by Gasteiger charge is -2.09. The Kier molecular flexibility index (Phi) is 3.87. The lowest BCUT2D eigenvalue weighted by Crippen LogP contribution is -2.16. The molecule has 4 rings (SSSR count). The van der Waals surface area contributed by atoms with E-state index in [1.54, 1.807) is 23.9 Å². The van der Waals surface area contributed by atoms with E-state index in [2.05, 4.69) is 9.84 Å². The van der Waals surface area contributed by atoms with Gasteiger partial charge in [0.15, 0.2) is 0 Å². The Morgan fingerprint density at radius 3 is 2.37 bits per heavy atom. The van der Waals surface area contributed by atoms with Crippen LogP contribution in [0.2, 0.25) is 0 Å². The van der Waals surface area contributed by atoms with E-state index < -0.39 is 6.36 Å². The van der Waals surface area contributed by atoms with Crippen LogP contribution in [-0.4, -0.2) is 22.4 Å². The number of alkyl halides is 3. The normalized spacial score (nSPS) is 11.9. The molecule has 0 amide bonds. The van der Waals surface area contributed by atoms with Crippen LogP contribution in [0.3, 0.4) is 0 Å². The molecule has 0 unspecified atom stereocenters. The van der Waals surface area contributed by atoms with Gasteiger partial charge in [-0.15, -0.1) is 13.2 Å². The van der Waals surface area contributed by atoms with Gasteiger partial charge < -0.3 is 10.1 Å². The molecule has 0 fully saturated rings. The summed E-state index contributed by atoms with van der Waals surface area (Å²) in [6.45, 7) is 0. The van der Waals surface area contributed by atoms with E-state index in [4.69, 9.17) is 5.41 Å². The summed E-state index contributed by atoms with van der Waals surface area (Å²) in [5, 5.41) is 14.8. The molecule has 0 saturated carbocycles. The lowest BCUT2D eigenvalue weighted by molar-refractivity contribution is -0.274. The monoisotopic (exact) mass is 369 g/mol. The quantitative estimate of drug-likeness (QED) is 0.499. The SMILES string of the molecule is Cn1nc2c(ccc3cc(C=N)ccc32)c1-c1ccc(OC(F)(F)F)cc1. The van der Waals surface area contributed by atoms with Crippen LogP contribution in [0.4, 0.5) is 13.2 Å². The summed E-state index contributed by atoms with van der Waals surface area (Å²) in [7, 11) is 1.80. The molecule has 0 bridgehead atoms. The van der Waals surface area contributed by atoms with E-state index in [0.29, 0.717) is 0 Å². The summed E-state index contributed by atoms with van der Waals surface area (Å²) in [6, 6.07) is 15.3. The summed E-state index contributed by atoms with van der Waals surface area (Å²) in [6.07, 6.45) is -3.42. The molecule has 27 heavy (non-hydrogen) atoms. The van der Waals surface area contributed by atoms with Gasteiger partial charge in [-0.3, -0.25) is 4.68 Å². The average molecular weight is 369 g/mol. The molecule has 0 radical (unpaired) electrons. The maximum atomic E-state index is 12.3. The minimum atomic E-state index is -4.71. The van der Waals surface area contributed by atoms with Gasteiger partial charge in [-0.1, -0.05) is 18.2 Å². The van der Waals surface area contributed by atoms with E-state index in [9.17, 15) is 13.2 Å². The molecule has 4 aromatic rings. The molecule has 1 N–H and O–H groups in total. The predicted octanol–water partition coefficient (Wildman–Crippen LogP) is 5.29. The van der Waals surface area contributed by atoms with Crippen LogP contribution in [0, 0.1) is 5.41 Å². The van der Waals surface area contributed by atoms with E-state index in [0.717, 1.165) is 38.5 Å². The van der Waals surface area contributed by atoms with Crippen molar-refractivity contribution in [1.29, 1.82) is 5.41 Å². The van der Waals surface area contributed by atoms with Crippen LogP contribution in [0.5, 0.6) is 5.75 Å². The molecule has 0 aliphatic carbocycles. The van der Waals surface area contributed by atoms with E-state index >= 15 is 0 Å². The molecule has 0 aliphatic rings. The molecular formula is C20H14F3N3O. The summed E-state index contributed by atoms with van der Waals surface area (Å²) >= 11 is 0. The first kappa shape index (κ1) is 17.1. The third kappa shape index (κ3) is 3.12. The molecule has 4 nitrogen and oxygen atoms in total. The molecule has 3 aromatic carbocycles. The second-order valence-electron chi connectivity index (χ2n) is 6.13. The summed E-state index contributed by atoms with van der Waals surface area (Å²) in [5.41, 5.74) is 3.15. The number of aromatic nitrogens is 2. The zero-order valence-corrected chi connectivity index (χ0v) is 14.2. The minimum Gasteiger partial charge on any atom is -0.406 e. The van der Waals surface area contributed by atoms with Gasteiger partial charge in [0.1, 0.15) is 11.3 Å². The fourth-order valence-corrected chi connectivity index (χ4v) is 3.25. The first-order chi connectivity index (χ1) is 12.9. The number of aryl methyl sites for hydroxylation is 1. The number of benzene rings is 3. The average Bonchev–Trinajstić information content (AvgIpc) is 2.97. The molecule has 1 aromatic heterocycles. The highest BCUT2D eigenvalue weighted by Gasteiger charge is 2.31. The smallest absolute Gasteiger partial charge is 0.406 e. The Morgan fingerprint density at radius 1 is 1.00 bits per heavy atom. The van der Waals surface area contributed by atoms with Crippen LogP contribution in [0.15, 0.2) is 54.6 Å². The number of hydrogen-bond donors (Lipinski definition) is 1. The van der Waals surface area contributed by atoms with Crippen molar-refractivity contribution in [2.24, 2.45) is 7.05 Å². The van der Waals surface area contributed by atoms with Gasteiger partial charge >= 0.3 is 6.36 Å². The molecule has 1 heterocycles. The van der Waals surface area contributed by atoms with Gasteiger partial charge in [0, 0.05) is 29.6 Å². The first-order valence-electron chi connectivity index (χ1n) is 8.12. The van der Waals surface area contributed by atoms with Crippen molar-refractivity contribution < 1.29 is 17.9 Å². The third-order valence-electron chi connectivity index (χ3n) is 4.37. The van der Waals surface area contributed by atoms with Crippen molar-refractivity contribution in [3.63, 3.8) is 0 Å². The first-order valence-corrected chi connectivity index (χ1v) is 8.12. The second kappa shape index (κ2) is 6.12. The van der Waals surface area contributed by atoms with Crippen molar-refractivity contribution in [2.45, 2.75) is 6.36 Å². The number of nitrogens with one attached hydrogen (secondary N) is 1. The largest absolute Gasteiger partial charge is 0.573 e. The van der Waals surface area contributed by atoms with Crippen molar-refractivity contribution in [1.82, 2.24) is 9.78 Å². The zero-order valence-electron chi connectivity index (χ0n) is 14.2. The maximum absolute atomic E-state index is 12.3.